The minimum atomic E-state index is 0.799. The summed E-state index contributed by atoms with van der Waals surface area (Å²) in [6, 6.07) is 18.5. The normalized spacial score (nSPS) is 10.6. The average molecular weight is 313 g/mol. The number of fused-ring (bicyclic) bond motifs is 1. The summed E-state index contributed by atoms with van der Waals surface area (Å²) in [5.74, 6) is 0. The smallest absolute Gasteiger partial charge is 0.0722 e. The summed E-state index contributed by atoms with van der Waals surface area (Å²) >= 11 is 3.49. The number of nitrogens with zero attached hydrogens (tertiary/aromatic N) is 1. The molecule has 0 amide bonds. The number of hydrogen-bond acceptors (Lipinski definition) is 2. The van der Waals surface area contributed by atoms with Crippen molar-refractivity contribution in [2.75, 3.05) is 5.32 Å². The summed E-state index contributed by atoms with van der Waals surface area (Å²) in [6.45, 7) is 0.799. The molecule has 1 aromatic heterocycles. The molecular weight excluding hydrogens is 300 g/mol. The highest BCUT2D eigenvalue weighted by Crippen LogP contribution is 2.22. The lowest BCUT2D eigenvalue weighted by Crippen LogP contribution is -2.00. The third-order valence-electron chi connectivity index (χ3n) is 3.02. The van der Waals surface area contributed by atoms with Crippen LogP contribution >= 0.6 is 15.9 Å². The molecule has 0 aliphatic heterocycles. The highest BCUT2D eigenvalue weighted by atomic mass is 79.9. The standard InChI is InChI=1S/C16H13BrN2/c17-13-5-1-4-12(10-13)11-19-16-8-2-7-15-14(16)6-3-9-18-15/h1-10,19H,11H2. The molecule has 0 aliphatic carbocycles. The van der Waals surface area contributed by atoms with Crippen LogP contribution in [0, 0.1) is 0 Å². The van der Waals surface area contributed by atoms with Crippen LogP contribution < -0.4 is 5.32 Å². The molecule has 1 heterocycles. The van der Waals surface area contributed by atoms with Crippen molar-refractivity contribution in [2.24, 2.45) is 0 Å². The fourth-order valence-corrected chi connectivity index (χ4v) is 2.55. The largest absolute Gasteiger partial charge is 0.380 e. The summed E-state index contributed by atoms with van der Waals surface area (Å²) in [5, 5.41) is 4.62. The Morgan fingerprint density at radius 1 is 1.00 bits per heavy atom. The Hall–Kier alpha value is -1.87. The van der Waals surface area contributed by atoms with E-state index in [9.17, 15) is 0 Å². The van der Waals surface area contributed by atoms with Crippen molar-refractivity contribution < 1.29 is 0 Å². The second-order valence-corrected chi connectivity index (χ2v) is 5.27. The first kappa shape index (κ1) is 12.2. The van der Waals surface area contributed by atoms with Crippen molar-refractivity contribution in [3.8, 4) is 0 Å². The molecule has 0 radical (unpaired) electrons. The van der Waals surface area contributed by atoms with E-state index in [1.54, 1.807) is 0 Å². The fourth-order valence-electron chi connectivity index (χ4n) is 2.10. The maximum absolute atomic E-state index is 4.36. The average Bonchev–Trinajstić information content (AvgIpc) is 2.45. The molecule has 0 bridgehead atoms. The quantitative estimate of drug-likeness (QED) is 0.764. The molecule has 3 rings (SSSR count). The zero-order valence-electron chi connectivity index (χ0n) is 10.3. The Balaban J connectivity index is 1.86. The van der Waals surface area contributed by atoms with Gasteiger partial charge in [-0.3, -0.25) is 4.98 Å². The molecule has 1 N–H and O–H groups in total. The van der Waals surface area contributed by atoms with Crippen molar-refractivity contribution in [1.29, 1.82) is 0 Å². The van der Waals surface area contributed by atoms with Crippen LogP contribution in [0.2, 0.25) is 0 Å². The molecule has 0 saturated carbocycles. The summed E-state index contributed by atoms with van der Waals surface area (Å²) in [4.78, 5) is 4.36. The molecule has 3 aromatic rings. The van der Waals surface area contributed by atoms with E-state index in [0.717, 1.165) is 27.6 Å². The molecule has 0 atom stereocenters. The van der Waals surface area contributed by atoms with Gasteiger partial charge in [-0.25, -0.2) is 0 Å². The molecule has 0 saturated heterocycles. The number of hydrogen-bond donors (Lipinski definition) is 1. The molecule has 0 fully saturated rings. The Morgan fingerprint density at radius 2 is 1.89 bits per heavy atom. The van der Waals surface area contributed by atoms with Gasteiger partial charge >= 0.3 is 0 Å². The van der Waals surface area contributed by atoms with Crippen LogP contribution in [0.1, 0.15) is 5.56 Å². The van der Waals surface area contributed by atoms with Gasteiger partial charge in [-0.2, -0.15) is 0 Å². The molecule has 19 heavy (non-hydrogen) atoms. The maximum atomic E-state index is 4.36. The van der Waals surface area contributed by atoms with E-state index in [2.05, 4.69) is 50.5 Å². The first-order valence-corrected chi connectivity index (χ1v) is 6.94. The van der Waals surface area contributed by atoms with E-state index in [1.807, 2.05) is 36.5 Å². The molecule has 2 aromatic carbocycles. The summed E-state index contributed by atoms with van der Waals surface area (Å²) in [5.41, 5.74) is 3.38. The first-order valence-electron chi connectivity index (χ1n) is 6.15. The summed E-state index contributed by atoms with van der Waals surface area (Å²) in [6.07, 6.45) is 1.82. The number of nitrogens with one attached hydrogen (secondary N) is 1. The van der Waals surface area contributed by atoms with Crippen molar-refractivity contribution in [3.63, 3.8) is 0 Å². The second kappa shape index (κ2) is 5.41. The van der Waals surface area contributed by atoms with Gasteiger partial charge in [-0.1, -0.05) is 34.1 Å². The van der Waals surface area contributed by atoms with Crippen molar-refractivity contribution >= 4 is 32.5 Å². The van der Waals surface area contributed by atoms with Crippen LogP contribution in [0.25, 0.3) is 10.9 Å². The number of rotatable bonds is 3. The van der Waals surface area contributed by atoms with Crippen LogP contribution in [-0.2, 0) is 6.54 Å². The van der Waals surface area contributed by atoms with Crippen molar-refractivity contribution in [2.45, 2.75) is 6.54 Å². The lowest BCUT2D eigenvalue weighted by Gasteiger charge is -2.09. The third kappa shape index (κ3) is 2.76. The molecular formula is C16H13BrN2. The zero-order chi connectivity index (χ0) is 13.1. The minimum absolute atomic E-state index is 0.799. The number of anilines is 1. The van der Waals surface area contributed by atoms with E-state index in [4.69, 9.17) is 0 Å². The third-order valence-corrected chi connectivity index (χ3v) is 3.51. The number of aromatic nitrogens is 1. The van der Waals surface area contributed by atoms with Gasteiger partial charge in [0.05, 0.1) is 5.52 Å². The van der Waals surface area contributed by atoms with Crippen LogP contribution in [0.4, 0.5) is 5.69 Å². The van der Waals surface area contributed by atoms with E-state index >= 15 is 0 Å². The van der Waals surface area contributed by atoms with E-state index < -0.39 is 0 Å². The maximum Gasteiger partial charge on any atom is 0.0722 e. The molecule has 0 aliphatic rings. The molecule has 2 nitrogen and oxygen atoms in total. The summed E-state index contributed by atoms with van der Waals surface area (Å²) in [7, 11) is 0. The van der Waals surface area contributed by atoms with Gasteiger partial charge in [0.15, 0.2) is 0 Å². The highest BCUT2D eigenvalue weighted by molar-refractivity contribution is 9.10. The zero-order valence-corrected chi connectivity index (χ0v) is 11.9. The Labute approximate surface area is 120 Å². The Morgan fingerprint density at radius 3 is 2.79 bits per heavy atom. The highest BCUT2D eigenvalue weighted by Gasteiger charge is 2.01. The van der Waals surface area contributed by atoms with Crippen molar-refractivity contribution in [3.05, 3.63) is 70.8 Å². The van der Waals surface area contributed by atoms with Gasteiger partial charge in [0.2, 0.25) is 0 Å². The van der Waals surface area contributed by atoms with Crippen LogP contribution in [0.3, 0.4) is 0 Å². The van der Waals surface area contributed by atoms with Crippen molar-refractivity contribution in [1.82, 2.24) is 4.98 Å². The second-order valence-electron chi connectivity index (χ2n) is 4.36. The number of pyridine rings is 1. The summed E-state index contributed by atoms with van der Waals surface area (Å²) < 4.78 is 1.10. The topological polar surface area (TPSA) is 24.9 Å². The fraction of sp³-hybridized carbons (Fsp3) is 0.0625. The lowest BCUT2D eigenvalue weighted by atomic mass is 10.1. The lowest BCUT2D eigenvalue weighted by molar-refractivity contribution is 1.15. The van der Waals surface area contributed by atoms with Crippen LogP contribution in [-0.4, -0.2) is 4.98 Å². The van der Waals surface area contributed by atoms with E-state index in [1.165, 1.54) is 5.56 Å². The van der Waals surface area contributed by atoms with E-state index in [-0.39, 0.29) is 0 Å². The molecule has 0 spiro atoms. The number of benzene rings is 2. The van der Waals surface area contributed by atoms with Crippen LogP contribution in [0.5, 0.6) is 0 Å². The Kier molecular flexibility index (Phi) is 3.47. The van der Waals surface area contributed by atoms with Gasteiger partial charge in [-0.05, 0) is 42.0 Å². The molecule has 3 heteroatoms. The van der Waals surface area contributed by atoms with Crippen LogP contribution in [0.15, 0.2) is 65.3 Å². The van der Waals surface area contributed by atoms with Gasteiger partial charge in [-0.15, -0.1) is 0 Å². The van der Waals surface area contributed by atoms with Gasteiger partial charge in [0.25, 0.3) is 0 Å². The number of halogens is 1. The molecule has 0 unspecified atom stereocenters. The minimum Gasteiger partial charge on any atom is -0.380 e. The Bertz CT molecular complexity index is 704. The SMILES string of the molecule is Brc1cccc(CNc2cccc3ncccc23)c1. The van der Waals surface area contributed by atoms with Gasteiger partial charge in [0.1, 0.15) is 0 Å². The van der Waals surface area contributed by atoms with Gasteiger partial charge < -0.3 is 5.32 Å². The molecule has 94 valence electrons. The van der Waals surface area contributed by atoms with E-state index in [0.29, 0.717) is 0 Å². The monoisotopic (exact) mass is 312 g/mol. The predicted molar refractivity (Wildman–Crippen MR) is 83.2 cm³/mol. The van der Waals surface area contributed by atoms with Gasteiger partial charge in [0, 0.05) is 28.3 Å². The predicted octanol–water partition coefficient (Wildman–Crippen LogP) is 4.61. The first-order chi connectivity index (χ1) is 9.33.